The lowest BCUT2D eigenvalue weighted by molar-refractivity contribution is -0.144. The van der Waals surface area contributed by atoms with Crippen LogP contribution in [0.15, 0.2) is 24.3 Å². The van der Waals surface area contributed by atoms with Gasteiger partial charge in [-0.05, 0) is 24.1 Å². The minimum Gasteiger partial charge on any atom is -0.469 e. The summed E-state index contributed by atoms with van der Waals surface area (Å²) in [5.74, 6) is 0.420. The van der Waals surface area contributed by atoms with Gasteiger partial charge < -0.3 is 10.1 Å². The average molecular weight is 309 g/mol. The van der Waals surface area contributed by atoms with Gasteiger partial charge in [0.25, 0.3) is 0 Å². The lowest BCUT2D eigenvalue weighted by atomic mass is 10.1. The van der Waals surface area contributed by atoms with E-state index in [4.69, 9.17) is 0 Å². The molecule has 21 heavy (non-hydrogen) atoms. The van der Waals surface area contributed by atoms with Crippen molar-refractivity contribution in [3.8, 4) is 0 Å². The Labute approximate surface area is 130 Å². The zero-order valence-corrected chi connectivity index (χ0v) is 13.7. The van der Waals surface area contributed by atoms with Crippen LogP contribution in [0.2, 0.25) is 0 Å². The third-order valence-electron chi connectivity index (χ3n) is 2.98. The quantitative estimate of drug-likeness (QED) is 0.750. The minimum atomic E-state index is -0.241. The second kappa shape index (κ2) is 9.45. The SMILES string of the molecule is CCCc1ccc(NC(=O)CSCC(C)C(=O)OC)cc1. The largest absolute Gasteiger partial charge is 0.469 e. The first-order valence-electron chi connectivity index (χ1n) is 7.11. The molecule has 5 heteroatoms. The van der Waals surface area contributed by atoms with Crippen molar-refractivity contribution in [1.82, 2.24) is 0 Å². The highest BCUT2D eigenvalue weighted by molar-refractivity contribution is 8.00. The normalized spacial score (nSPS) is 11.8. The van der Waals surface area contributed by atoms with Crippen LogP contribution in [0.4, 0.5) is 5.69 Å². The number of rotatable bonds is 8. The number of thioether (sulfide) groups is 1. The van der Waals surface area contributed by atoms with Gasteiger partial charge >= 0.3 is 5.97 Å². The molecule has 1 aromatic carbocycles. The number of amides is 1. The van der Waals surface area contributed by atoms with E-state index in [0.717, 1.165) is 18.5 Å². The molecule has 0 bridgehead atoms. The van der Waals surface area contributed by atoms with E-state index in [9.17, 15) is 9.59 Å². The van der Waals surface area contributed by atoms with Crippen LogP contribution < -0.4 is 5.32 Å². The van der Waals surface area contributed by atoms with Gasteiger partial charge in [0.15, 0.2) is 0 Å². The predicted octanol–water partition coefficient (Wildman–Crippen LogP) is 3.12. The molecular weight excluding hydrogens is 286 g/mol. The molecule has 0 aliphatic carbocycles. The van der Waals surface area contributed by atoms with Gasteiger partial charge in [-0.25, -0.2) is 0 Å². The zero-order chi connectivity index (χ0) is 15.7. The zero-order valence-electron chi connectivity index (χ0n) is 12.8. The fourth-order valence-corrected chi connectivity index (χ4v) is 2.70. The van der Waals surface area contributed by atoms with E-state index < -0.39 is 0 Å². The lowest BCUT2D eigenvalue weighted by Crippen LogP contribution is -2.18. The maximum Gasteiger partial charge on any atom is 0.309 e. The first-order valence-corrected chi connectivity index (χ1v) is 8.26. The Kier molecular flexibility index (Phi) is 7.90. The molecule has 0 radical (unpaired) electrons. The van der Waals surface area contributed by atoms with Crippen LogP contribution in [0.25, 0.3) is 0 Å². The highest BCUT2D eigenvalue weighted by atomic mass is 32.2. The second-order valence-corrected chi connectivity index (χ2v) is 5.96. The topological polar surface area (TPSA) is 55.4 Å². The molecule has 0 saturated carbocycles. The van der Waals surface area contributed by atoms with E-state index in [0.29, 0.717) is 11.5 Å². The molecule has 0 saturated heterocycles. The van der Waals surface area contributed by atoms with Gasteiger partial charge in [-0.1, -0.05) is 32.4 Å². The first-order chi connectivity index (χ1) is 10.1. The number of esters is 1. The Hall–Kier alpha value is -1.49. The number of anilines is 1. The molecule has 0 aromatic heterocycles. The van der Waals surface area contributed by atoms with Crippen molar-refractivity contribution < 1.29 is 14.3 Å². The number of carbonyl (C=O) groups excluding carboxylic acids is 2. The molecule has 0 aliphatic heterocycles. The monoisotopic (exact) mass is 309 g/mol. The molecule has 0 heterocycles. The van der Waals surface area contributed by atoms with E-state index >= 15 is 0 Å². The summed E-state index contributed by atoms with van der Waals surface area (Å²) in [5, 5.41) is 2.85. The highest BCUT2D eigenvalue weighted by Crippen LogP contribution is 2.13. The summed E-state index contributed by atoms with van der Waals surface area (Å²) < 4.78 is 4.64. The predicted molar refractivity (Wildman–Crippen MR) is 87.6 cm³/mol. The molecule has 1 aromatic rings. The van der Waals surface area contributed by atoms with Crippen LogP contribution in [0.5, 0.6) is 0 Å². The summed E-state index contributed by atoms with van der Waals surface area (Å²) in [6, 6.07) is 7.91. The summed E-state index contributed by atoms with van der Waals surface area (Å²) in [5.41, 5.74) is 2.08. The Morgan fingerprint density at radius 2 is 1.95 bits per heavy atom. The second-order valence-electron chi connectivity index (χ2n) is 4.93. The van der Waals surface area contributed by atoms with Crippen LogP contribution in [0, 0.1) is 5.92 Å². The molecule has 0 spiro atoms. The van der Waals surface area contributed by atoms with Crippen LogP contribution >= 0.6 is 11.8 Å². The molecule has 116 valence electrons. The Balaban J connectivity index is 2.31. The molecule has 0 fully saturated rings. The van der Waals surface area contributed by atoms with Gasteiger partial charge in [0.05, 0.1) is 18.8 Å². The standard InChI is InChI=1S/C16H23NO3S/c1-4-5-13-6-8-14(9-7-13)17-15(18)11-21-10-12(2)16(19)20-3/h6-9,12H,4-5,10-11H2,1-3H3,(H,17,18). The van der Waals surface area contributed by atoms with Gasteiger partial charge in [0, 0.05) is 11.4 Å². The lowest BCUT2D eigenvalue weighted by Gasteiger charge is -2.09. The van der Waals surface area contributed by atoms with Gasteiger partial charge in [-0.2, -0.15) is 11.8 Å². The van der Waals surface area contributed by atoms with Crippen LogP contribution in [0.3, 0.4) is 0 Å². The van der Waals surface area contributed by atoms with Crippen molar-refractivity contribution in [1.29, 1.82) is 0 Å². The number of hydrogen-bond acceptors (Lipinski definition) is 4. The molecule has 4 nitrogen and oxygen atoms in total. The summed E-state index contributed by atoms with van der Waals surface area (Å²) in [6.45, 7) is 3.94. The summed E-state index contributed by atoms with van der Waals surface area (Å²) in [7, 11) is 1.37. The van der Waals surface area contributed by atoms with E-state index in [1.807, 2.05) is 24.3 Å². The summed E-state index contributed by atoms with van der Waals surface area (Å²) >= 11 is 1.43. The van der Waals surface area contributed by atoms with Gasteiger partial charge in [0.2, 0.25) is 5.91 Å². The molecule has 1 amide bonds. The smallest absolute Gasteiger partial charge is 0.309 e. The van der Waals surface area contributed by atoms with E-state index in [-0.39, 0.29) is 17.8 Å². The number of methoxy groups -OCH3 is 1. The number of hydrogen-bond donors (Lipinski definition) is 1. The average Bonchev–Trinajstić information content (AvgIpc) is 2.48. The third kappa shape index (κ3) is 6.67. The van der Waals surface area contributed by atoms with Crippen molar-refractivity contribution in [3.05, 3.63) is 29.8 Å². The molecule has 1 rings (SSSR count). The van der Waals surface area contributed by atoms with Crippen LogP contribution in [-0.4, -0.2) is 30.5 Å². The van der Waals surface area contributed by atoms with Crippen LogP contribution in [0.1, 0.15) is 25.8 Å². The molecule has 1 atom stereocenters. The molecule has 1 unspecified atom stereocenters. The molecule has 0 aliphatic rings. The minimum absolute atomic E-state index is 0.0553. The fourth-order valence-electron chi connectivity index (χ4n) is 1.84. The number of carbonyl (C=O) groups is 2. The maximum absolute atomic E-state index is 11.8. The van der Waals surface area contributed by atoms with Crippen molar-refractivity contribution in [2.24, 2.45) is 5.92 Å². The highest BCUT2D eigenvalue weighted by Gasteiger charge is 2.13. The third-order valence-corrected chi connectivity index (χ3v) is 4.18. The summed E-state index contributed by atoms with van der Waals surface area (Å²) in [6.07, 6.45) is 2.16. The summed E-state index contributed by atoms with van der Waals surface area (Å²) in [4.78, 5) is 23.0. The Bertz CT molecular complexity index is 459. The number of benzene rings is 1. The Morgan fingerprint density at radius 1 is 1.29 bits per heavy atom. The van der Waals surface area contributed by atoms with E-state index in [1.165, 1.54) is 24.4 Å². The van der Waals surface area contributed by atoms with Gasteiger partial charge in [-0.3, -0.25) is 9.59 Å². The van der Waals surface area contributed by atoms with Crippen molar-refractivity contribution in [2.45, 2.75) is 26.7 Å². The van der Waals surface area contributed by atoms with E-state index in [2.05, 4.69) is 17.0 Å². The van der Waals surface area contributed by atoms with Gasteiger partial charge in [0.1, 0.15) is 0 Å². The number of nitrogens with one attached hydrogen (secondary N) is 1. The van der Waals surface area contributed by atoms with Crippen molar-refractivity contribution in [3.63, 3.8) is 0 Å². The van der Waals surface area contributed by atoms with Gasteiger partial charge in [-0.15, -0.1) is 0 Å². The van der Waals surface area contributed by atoms with Crippen molar-refractivity contribution in [2.75, 3.05) is 23.9 Å². The number of aryl methyl sites for hydroxylation is 1. The maximum atomic E-state index is 11.8. The Morgan fingerprint density at radius 3 is 2.52 bits per heavy atom. The number of ether oxygens (including phenoxy) is 1. The first kappa shape index (κ1) is 17.6. The van der Waals surface area contributed by atoms with Crippen LogP contribution in [-0.2, 0) is 20.7 Å². The fraction of sp³-hybridized carbons (Fsp3) is 0.500. The molecular formula is C16H23NO3S. The van der Waals surface area contributed by atoms with Crippen molar-refractivity contribution >= 4 is 29.3 Å². The molecule has 1 N–H and O–H groups in total. The van der Waals surface area contributed by atoms with E-state index in [1.54, 1.807) is 6.92 Å².